The van der Waals surface area contributed by atoms with Crippen molar-refractivity contribution in [2.45, 2.75) is 51.6 Å². The van der Waals surface area contributed by atoms with Crippen LogP contribution >= 0.6 is 11.6 Å². The zero-order valence-corrected chi connectivity index (χ0v) is 18.6. The first-order valence-electron chi connectivity index (χ1n) is 10.7. The standard InChI is InChI=1S/C23H28ClFN6/c1-3-9-27-15-7-8-16(11-15)29-21-17(12-28-31-13-14(2)10-20(21)31)23(26)30-22-18(24)5-4-6-19(22)25/h4-6,10,12-13,15-16,27,29H,3,7-9,11H2,1-2H3,(H2,26,30)/t15-,16+/m0/s1. The van der Waals surface area contributed by atoms with Gasteiger partial charge in [0.05, 0.1) is 28.0 Å². The number of fused-ring (bicyclic) bond motifs is 1. The van der Waals surface area contributed by atoms with Crippen LogP contribution < -0.4 is 16.4 Å². The highest BCUT2D eigenvalue weighted by Gasteiger charge is 2.26. The van der Waals surface area contributed by atoms with Crippen LogP contribution in [0.15, 0.2) is 41.7 Å². The second-order valence-corrected chi connectivity index (χ2v) is 8.56. The molecule has 6 nitrogen and oxygen atoms in total. The summed E-state index contributed by atoms with van der Waals surface area (Å²) in [5.74, 6) is -0.347. The van der Waals surface area contributed by atoms with Crippen LogP contribution in [0.1, 0.15) is 43.7 Å². The molecule has 1 saturated carbocycles. The predicted molar refractivity (Wildman–Crippen MR) is 125 cm³/mol. The van der Waals surface area contributed by atoms with E-state index in [2.05, 4.69) is 33.7 Å². The average molecular weight is 443 g/mol. The van der Waals surface area contributed by atoms with E-state index < -0.39 is 5.82 Å². The van der Waals surface area contributed by atoms with Gasteiger partial charge in [0.25, 0.3) is 0 Å². The molecule has 1 aromatic carbocycles. The lowest BCUT2D eigenvalue weighted by Crippen LogP contribution is -2.29. The molecule has 4 rings (SSSR count). The van der Waals surface area contributed by atoms with Crippen LogP contribution in [0.4, 0.5) is 15.8 Å². The van der Waals surface area contributed by atoms with Crippen LogP contribution in [0.3, 0.4) is 0 Å². The summed E-state index contributed by atoms with van der Waals surface area (Å²) in [5.41, 5.74) is 9.88. The number of amidine groups is 1. The topological polar surface area (TPSA) is 79.7 Å². The number of benzene rings is 1. The van der Waals surface area contributed by atoms with E-state index >= 15 is 0 Å². The maximum absolute atomic E-state index is 14.3. The first-order chi connectivity index (χ1) is 15.0. The number of nitrogens with one attached hydrogen (secondary N) is 2. The Kier molecular flexibility index (Phi) is 6.43. The highest BCUT2D eigenvalue weighted by atomic mass is 35.5. The summed E-state index contributed by atoms with van der Waals surface area (Å²) in [5, 5.41) is 12.0. The number of aromatic nitrogens is 2. The minimum absolute atomic E-state index is 0.0312. The smallest absolute Gasteiger partial charge is 0.150 e. The maximum atomic E-state index is 14.3. The second kappa shape index (κ2) is 9.24. The lowest BCUT2D eigenvalue weighted by molar-refractivity contribution is 0.519. The summed E-state index contributed by atoms with van der Waals surface area (Å²) in [6.45, 7) is 5.23. The minimum atomic E-state index is -0.516. The molecule has 0 radical (unpaired) electrons. The fraction of sp³-hybridized carbons (Fsp3) is 0.391. The molecule has 1 aliphatic rings. The predicted octanol–water partition coefficient (Wildman–Crippen LogP) is 4.80. The summed E-state index contributed by atoms with van der Waals surface area (Å²) in [6.07, 6.45) is 7.98. The molecular formula is C23H28ClFN6. The van der Waals surface area contributed by atoms with Crippen molar-refractivity contribution in [3.8, 4) is 0 Å². The molecule has 0 aliphatic heterocycles. The maximum Gasteiger partial charge on any atom is 0.150 e. The average Bonchev–Trinajstić information content (AvgIpc) is 3.35. The van der Waals surface area contributed by atoms with Crippen LogP contribution in [0.25, 0.3) is 5.52 Å². The molecule has 0 unspecified atom stereocenters. The number of anilines is 1. The SMILES string of the molecule is CCCN[C@H]1CC[C@@H](Nc2c(/C(N)=N/c3c(F)cccc3Cl)cnn3cc(C)cc23)C1. The van der Waals surface area contributed by atoms with Crippen molar-refractivity contribution in [1.82, 2.24) is 14.9 Å². The molecule has 4 N–H and O–H groups in total. The zero-order valence-electron chi connectivity index (χ0n) is 17.8. The number of rotatable bonds is 7. The van der Waals surface area contributed by atoms with Gasteiger partial charge in [-0.3, -0.25) is 0 Å². The number of nitrogens with two attached hydrogens (primary N) is 1. The van der Waals surface area contributed by atoms with Gasteiger partial charge in [0.2, 0.25) is 0 Å². The monoisotopic (exact) mass is 442 g/mol. The Morgan fingerprint density at radius 3 is 2.94 bits per heavy atom. The van der Waals surface area contributed by atoms with E-state index in [9.17, 15) is 4.39 Å². The summed E-state index contributed by atoms with van der Waals surface area (Å²) >= 11 is 6.15. The summed E-state index contributed by atoms with van der Waals surface area (Å²) in [7, 11) is 0. The lowest BCUT2D eigenvalue weighted by Gasteiger charge is -2.19. The van der Waals surface area contributed by atoms with Crippen molar-refractivity contribution in [2.24, 2.45) is 10.7 Å². The Hall–Kier alpha value is -2.64. The molecule has 0 spiro atoms. The van der Waals surface area contributed by atoms with Gasteiger partial charge >= 0.3 is 0 Å². The van der Waals surface area contributed by atoms with E-state index in [1.807, 2.05) is 17.6 Å². The second-order valence-electron chi connectivity index (χ2n) is 8.15. The largest absolute Gasteiger partial charge is 0.383 e. The highest BCUT2D eigenvalue weighted by molar-refractivity contribution is 6.33. The van der Waals surface area contributed by atoms with Gasteiger partial charge in [0, 0.05) is 18.3 Å². The van der Waals surface area contributed by atoms with Gasteiger partial charge in [-0.05, 0) is 62.9 Å². The Balaban J connectivity index is 1.70. The molecule has 164 valence electrons. The fourth-order valence-corrected chi connectivity index (χ4v) is 4.36. The molecule has 2 atom stereocenters. The lowest BCUT2D eigenvalue weighted by atomic mass is 10.1. The van der Waals surface area contributed by atoms with Crippen molar-refractivity contribution in [3.05, 3.63) is 58.6 Å². The molecule has 1 aliphatic carbocycles. The van der Waals surface area contributed by atoms with Crippen LogP contribution in [0.5, 0.6) is 0 Å². The van der Waals surface area contributed by atoms with Crippen LogP contribution in [0.2, 0.25) is 5.02 Å². The minimum Gasteiger partial charge on any atom is -0.383 e. The molecule has 31 heavy (non-hydrogen) atoms. The summed E-state index contributed by atoms with van der Waals surface area (Å²) in [4.78, 5) is 4.32. The van der Waals surface area contributed by atoms with Crippen LogP contribution in [-0.2, 0) is 0 Å². The number of aliphatic imine (C=N–C) groups is 1. The van der Waals surface area contributed by atoms with Gasteiger partial charge in [0.15, 0.2) is 0 Å². The molecule has 0 saturated heterocycles. The molecular weight excluding hydrogens is 415 g/mol. The Bertz CT molecular complexity index is 1090. The van der Waals surface area contributed by atoms with Gasteiger partial charge in [-0.1, -0.05) is 24.6 Å². The number of aryl methyl sites for hydroxylation is 1. The zero-order chi connectivity index (χ0) is 22.0. The number of nitrogens with zero attached hydrogens (tertiary/aromatic N) is 3. The van der Waals surface area contributed by atoms with E-state index in [4.69, 9.17) is 17.3 Å². The summed E-state index contributed by atoms with van der Waals surface area (Å²) < 4.78 is 16.1. The fourth-order valence-electron chi connectivity index (χ4n) is 4.16. The normalized spacial score (nSPS) is 19.3. The van der Waals surface area contributed by atoms with Crippen LogP contribution in [-0.4, -0.2) is 34.1 Å². The molecule has 2 aromatic heterocycles. The van der Waals surface area contributed by atoms with Gasteiger partial charge in [-0.25, -0.2) is 13.9 Å². The number of hydrogen-bond donors (Lipinski definition) is 3. The van der Waals surface area contributed by atoms with Gasteiger partial charge in [0.1, 0.15) is 17.3 Å². The van der Waals surface area contributed by atoms with E-state index in [0.29, 0.717) is 17.6 Å². The first kappa shape index (κ1) is 21.6. The number of para-hydroxylation sites is 1. The molecule has 1 fully saturated rings. The molecule has 0 bridgehead atoms. The van der Waals surface area contributed by atoms with Crippen molar-refractivity contribution >= 4 is 34.3 Å². The van der Waals surface area contributed by atoms with E-state index in [-0.39, 0.29) is 16.5 Å². The quantitative estimate of drug-likeness (QED) is 0.362. The first-order valence-corrected chi connectivity index (χ1v) is 11.1. The summed E-state index contributed by atoms with van der Waals surface area (Å²) in [6, 6.07) is 7.33. The molecule has 2 heterocycles. The van der Waals surface area contributed by atoms with E-state index in [1.54, 1.807) is 18.3 Å². The highest BCUT2D eigenvalue weighted by Crippen LogP contribution is 2.31. The van der Waals surface area contributed by atoms with E-state index in [1.165, 1.54) is 6.07 Å². The Labute approximate surface area is 186 Å². The van der Waals surface area contributed by atoms with Gasteiger partial charge < -0.3 is 16.4 Å². The third kappa shape index (κ3) is 4.67. The number of halogens is 2. The number of hydrogen-bond acceptors (Lipinski definition) is 4. The molecule has 8 heteroatoms. The van der Waals surface area contributed by atoms with Gasteiger partial charge in [-0.2, -0.15) is 5.10 Å². The Morgan fingerprint density at radius 2 is 2.16 bits per heavy atom. The van der Waals surface area contributed by atoms with Gasteiger partial charge in [-0.15, -0.1) is 0 Å². The molecule has 0 amide bonds. The van der Waals surface area contributed by atoms with Crippen molar-refractivity contribution < 1.29 is 4.39 Å². The van der Waals surface area contributed by atoms with Crippen LogP contribution in [0, 0.1) is 12.7 Å². The van der Waals surface area contributed by atoms with E-state index in [0.717, 1.165) is 49.0 Å². The molecule has 3 aromatic rings. The Morgan fingerprint density at radius 1 is 1.35 bits per heavy atom. The van der Waals surface area contributed by atoms with Crippen molar-refractivity contribution in [1.29, 1.82) is 0 Å². The third-order valence-corrected chi connectivity index (χ3v) is 5.99. The third-order valence-electron chi connectivity index (χ3n) is 5.68. The van der Waals surface area contributed by atoms with Crippen molar-refractivity contribution in [2.75, 3.05) is 11.9 Å². The van der Waals surface area contributed by atoms with Crippen molar-refractivity contribution in [3.63, 3.8) is 0 Å².